The van der Waals surface area contributed by atoms with E-state index in [1.807, 2.05) is 6.20 Å². The van der Waals surface area contributed by atoms with Gasteiger partial charge in [0, 0.05) is 11.1 Å². The summed E-state index contributed by atoms with van der Waals surface area (Å²) in [4.78, 5) is 18.6. The fourth-order valence-corrected chi connectivity index (χ4v) is 4.18. The minimum atomic E-state index is -0.135. The van der Waals surface area contributed by atoms with Gasteiger partial charge in [-0.15, -0.1) is 21.5 Å². The molecular weight excluding hydrogens is 286 g/mol. The molecule has 0 radical (unpaired) electrons. The number of nitrogens with zero attached hydrogens (tertiary/aromatic N) is 4. The van der Waals surface area contributed by atoms with Crippen LogP contribution in [-0.2, 0) is 6.42 Å². The van der Waals surface area contributed by atoms with Crippen molar-refractivity contribution in [2.75, 3.05) is 0 Å². The minimum absolute atomic E-state index is 0.135. The molecule has 21 heavy (non-hydrogen) atoms. The second-order valence-electron chi connectivity index (χ2n) is 5.81. The van der Waals surface area contributed by atoms with Crippen molar-refractivity contribution in [3.8, 4) is 0 Å². The second-order valence-corrected chi connectivity index (χ2v) is 6.90. The normalized spacial score (nSPS) is 17.0. The molecule has 3 heterocycles. The maximum absolute atomic E-state index is 12.3. The van der Waals surface area contributed by atoms with Gasteiger partial charge in [-0.25, -0.2) is 0 Å². The Morgan fingerprint density at radius 1 is 1.29 bits per heavy atom. The molecule has 6 nitrogen and oxygen atoms in total. The smallest absolute Gasteiger partial charge is 0.266 e. The number of H-pyrrole nitrogens is 1. The Kier molecular flexibility index (Phi) is 3.21. The number of hydrogen-bond acceptors (Lipinski definition) is 5. The third-order valence-electron chi connectivity index (χ3n) is 4.38. The first kappa shape index (κ1) is 12.9. The van der Waals surface area contributed by atoms with Gasteiger partial charge in [-0.3, -0.25) is 9.20 Å². The van der Waals surface area contributed by atoms with Crippen molar-refractivity contribution in [2.45, 2.75) is 44.9 Å². The number of nitrogens with one attached hydrogen (secondary N) is 1. The molecule has 7 heteroatoms. The monoisotopic (exact) mass is 303 g/mol. The van der Waals surface area contributed by atoms with E-state index in [9.17, 15) is 4.79 Å². The van der Waals surface area contributed by atoms with Crippen molar-refractivity contribution >= 4 is 27.5 Å². The van der Waals surface area contributed by atoms with Crippen molar-refractivity contribution in [3.05, 3.63) is 21.4 Å². The Balaban J connectivity index is 1.61. The van der Waals surface area contributed by atoms with E-state index in [4.69, 9.17) is 0 Å². The quantitative estimate of drug-likeness (QED) is 0.806. The number of aryl methyl sites for hydroxylation is 1. The van der Waals surface area contributed by atoms with E-state index in [1.165, 1.54) is 43.4 Å². The molecule has 1 aliphatic carbocycles. The van der Waals surface area contributed by atoms with Gasteiger partial charge in [0.1, 0.15) is 0 Å². The third-order valence-corrected chi connectivity index (χ3v) is 5.42. The Morgan fingerprint density at radius 2 is 2.14 bits per heavy atom. The van der Waals surface area contributed by atoms with E-state index in [0.29, 0.717) is 16.1 Å². The Morgan fingerprint density at radius 3 is 3.00 bits per heavy atom. The van der Waals surface area contributed by atoms with Crippen molar-refractivity contribution in [2.24, 2.45) is 5.92 Å². The van der Waals surface area contributed by atoms with Crippen LogP contribution in [0.5, 0.6) is 0 Å². The zero-order valence-electron chi connectivity index (χ0n) is 11.7. The van der Waals surface area contributed by atoms with E-state index in [-0.39, 0.29) is 5.56 Å². The van der Waals surface area contributed by atoms with Gasteiger partial charge in [0.2, 0.25) is 5.65 Å². The largest absolute Gasteiger partial charge is 0.288 e. The summed E-state index contributed by atoms with van der Waals surface area (Å²) >= 11 is 1.59. The van der Waals surface area contributed by atoms with Crippen LogP contribution in [-0.4, -0.2) is 24.8 Å². The second kappa shape index (κ2) is 5.22. The summed E-state index contributed by atoms with van der Waals surface area (Å²) in [5, 5.41) is 10.2. The van der Waals surface area contributed by atoms with E-state index < -0.39 is 0 Å². The standard InChI is InChI=1S/C14H17N5OS/c20-13-11-12(17-18-16-11)15-14-19(13)8-10(21-14)7-6-9-4-2-1-3-5-9/h8-9H,1-7H2,(H,16,17,18). The maximum Gasteiger partial charge on any atom is 0.288 e. The molecule has 110 valence electrons. The molecular formula is C14H17N5OS. The van der Waals surface area contributed by atoms with Crippen molar-refractivity contribution in [3.63, 3.8) is 0 Å². The summed E-state index contributed by atoms with van der Waals surface area (Å²) in [5.74, 6) is 0.854. The molecule has 0 spiro atoms. The third kappa shape index (κ3) is 2.35. The first-order valence-electron chi connectivity index (χ1n) is 7.53. The number of thiazole rings is 1. The van der Waals surface area contributed by atoms with Crippen LogP contribution in [0.25, 0.3) is 16.1 Å². The van der Waals surface area contributed by atoms with Crippen molar-refractivity contribution < 1.29 is 0 Å². The highest BCUT2D eigenvalue weighted by atomic mass is 32.1. The van der Waals surface area contributed by atoms with Crippen LogP contribution in [0.4, 0.5) is 0 Å². The van der Waals surface area contributed by atoms with E-state index in [0.717, 1.165) is 12.3 Å². The lowest BCUT2D eigenvalue weighted by molar-refractivity contribution is 0.340. The average Bonchev–Trinajstić information content (AvgIpc) is 3.13. The molecule has 1 aliphatic rings. The van der Waals surface area contributed by atoms with Crippen molar-refractivity contribution in [1.82, 2.24) is 24.8 Å². The van der Waals surface area contributed by atoms with Crippen LogP contribution in [0.15, 0.2) is 11.0 Å². The lowest BCUT2D eigenvalue weighted by Crippen LogP contribution is -2.12. The topological polar surface area (TPSA) is 75.9 Å². The van der Waals surface area contributed by atoms with E-state index in [1.54, 1.807) is 15.7 Å². The first-order valence-corrected chi connectivity index (χ1v) is 8.34. The summed E-state index contributed by atoms with van der Waals surface area (Å²) in [6.45, 7) is 0. The summed E-state index contributed by atoms with van der Waals surface area (Å²) in [5.41, 5.74) is 0.578. The summed E-state index contributed by atoms with van der Waals surface area (Å²) in [6, 6.07) is 0. The van der Waals surface area contributed by atoms with Crippen LogP contribution in [0.1, 0.15) is 43.4 Å². The van der Waals surface area contributed by atoms with Gasteiger partial charge in [0.25, 0.3) is 5.56 Å². The zero-order chi connectivity index (χ0) is 14.2. The molecule has 3 aromatic heterocycles. The average molecular weight is 303 g/mol. The van der Waals surface area contributed by atoms with Crippen LogP contribution in [0.3, 0.4) is 0 Å². The number of fused-ring (bicyclic) bond motifs is 2. The molecule has 0 aliphatic heterocycles. The van der Waals surface area contributed by atoms with E-state index >= 15 is 0 Å². The molecule has 0 aromatic carbocycles. The highest BCUT2D eigenvalue weighted by molar-refractivity contribution is 7.17. The van der Waals surface area contributed by atoms with Gasteiger partial charge in [0.05, 0.1) is 0 Å². The summed E-state index contributed by atoms with van der Waals surface area (Å²) < 4.78 is 1.60. The lowest BCUT2D eigenvalue weighted by atomic mass is 9.86. The molecule has 0 bridgehead atoms. The minimum Gasteiger partial charge on any atom is -0.266 e. The Bertz CT molecular complexity index is 827. The molecule has 3 aromatic rings. The van der Waals surface area contributed by atoms with Gasteiger partial charge in [-0.2, -0.15) is 10.2 Å². The maximum atomic E-state index is 12.3. The van der Waals surface area contributed by atoms with Crippen LogP contribution >= 0.6 is 11.3 Å². The predicted molar refractivity (Wildman–Crippen MR) is 81.7 cm³/mol. The van der Waals surface area contributed by atoms with Crippen LogP contribution in [0.2, 0.25) is 0 Å². The van der Waals surface area contributed by atoms with Crippen LogP contribution < -0.4 is 5.56 Å². The Labute approximate surface area is 125 Å². The van der Waals surface area contributed by atoms with Gasteiger partial charge in [0.15, 0.2) is 10.5 Å². The van der Waals surface area contributed by atoms with Crippen LogP contribution in [0, 0.1) is 5.92 Å². The molecule has 0 amide bonds. The molecule has 4 rings (SSSR count). The number of aromatic amines is 1. The van der Waals surface area contributed by atoms with Crippen molar-refractivity contribution in [1.29, 1.82) is 0 Å². The fraction of sp³-hybridized carbons (Fsp3) is 0.571. The van der Waals surface area contributed by atoms with Gasteiger partial charge in [-0.1, -0.05) is 32.1 Å². The molecule has 1 N–H and O–H groups in total. The SMILES string of the molecule is O=c1c2n[nH]nc2nc2sc(CCC3CCCCC3)cn12. The molecule has 0 saturated heterocycles. The zero-order valence-corrected chi connectivity index (χ0v) is 12.5. The number of hydrogen-bond donors (Lipinski definition) is 1. The number of aromatic nitrogens is 5. The molecule has 1 fully saturated rings. The molecule has 0 unspecified atom stereocenters. The Hall–Kier alpha value is -1.76. The highest BCUT2D eigenvalue weighted by Gasteiger charge is 2.15. The molecule has 0 atom stereocenters. The van der Waals surface area contributed by atoms with Gasteiger partial charge >= 0.3 is 0 Å². The molecule has 1 saturated carbocycles. The summed E-state index contributed by atoms with van der Waals surface area (Å²) in [6.07, 6.45) is 11.0. The summed E-state index contributed by atoms with van der Waals surface area (Å²) in [7, 11) is 0. The highest BCUT2D eigenvalue weighted by Crippen LogP contribution is 2.28. The fourth-order valence-electron chi connectivity index (χ4n) is 3.20. The lowest BCUT2D eigenvalue weighted by Gasteiger charge is -2.20. The predicted octanol–water partition coefficient (Wildman–Crippen LogP) is 2.54. The first-order chi connectivity index (χ1) is 10.3. The van der Waals surface area contributed by atoms with Gasteiger partial charge < -0.3 is 0 Å². The van der Waals surface area contributed by atoms with E-state index in [2.05, 4.69) is 20.4 Å². The number of rotatable bonds is 3. The van der Waals surface area contributed by atoms with Gasteiger partial charge in [-0.05, 0) is 18.8 Å².